The van der Waals surface area contributed by atoms with Gasteiger partial charge < -0.3 is 0 Å². The van der Waals surface area contributed by atoms with Crippen LogP contribution in [0.2, 0.25) is 0 Å². The highest BCUT2D eigenvalue weighted by atomic mass is 35.5. The Morgan fingerprint density at radius 1 is 1.50 bits per heavy atom. The van der Waals surface area contributed by atoms with Crippen LogP contribution in [-0.2, 0) is 0 Å². The molecule has 8 heavy (non-hydrogen) atoms. The zero-order chi connectivity index (χ0) is 6.41. The van der Waals surface area contributed by atoms with Crippen molar-refractivity contribution in [2.75, 3.05) is 11.8 Å². The Bertz CT molecular complexity index is 127. The lowest BCUT2D eigenvalue weighted by atomic mass is 10.4. The fourth-order valence-electron chi connectivity index (χ4n) is 0.192. The van der Waals surface area contributed by atoms with Crippen LogP contribution in [0.25, 0.3) is 0 Å². The molecule has 0 radical (unpaired) electrons. The van der Waals surface area contributed by atoms with Crippen LogP contribution in [0.1, 0.15) is 0 Å². The van der Waals surface area contributed by atoms with Crippen molar-refractivity contribution in [3.63, 3.8) is 0 Å². The molecule has 0 aromatic heterocycles. The van der Waals surface area contributed by atoms with Gasteiger partial charge in [0.25, 0.3) is 0 Å². The summed E-state index contributed by atoms with van der Waals surface area (Å²) >= 11 is 10.6. The summed E-state index contributed by atoms with van der Waals surface area (Å²) < 4.78 is 0. The molecular weight excluding hydrogens is 143 g/mol. The summed E-state index contributed by atoms with van der Waals surface area (Å²) in [5.41, 5.74) is 0.715. The van der Waals surface area contributed by atoms with Crippen molar-refractivity contribution in [3.8, 4) is 11.8 Å². The van der Waals surface area contributed by atoms with Gasteiger partial charge in [-0.25, -0.2) is 0 Å². The number of allylic oxidation sites excluding steroid dienone is 1. The molecular formula is C6H6Cl2. The summed E-state index contributed by atoms with van der Waals surface area (Å²) in [6.07, 6.45) is 0. The van der Waals surface area contributed by atoms with Gasteiger partial charge in [0, 0.05) is 5.57 Å². The van der Waals surface area contributed by atoms with Crippen molar-refractivity contribution < 1.29 is 0 Å². The number of halogens is 2. The average molecular weight is 149 g/mol. The second-order valence-corrected chi connectivity index (χ2v) is 1.71. The third kappa shape index (κ3) is 4.05. The van der Waals surface area contributed by atoms with Gasteiger partial charge in [-0.1, -0.05) is 18.4 Å². The maximum atomic E-state index is 5.34. The van der Waals surface area contributed by atoms with Gasteiger partial charge in [-0.05, 0) is 0 Å². The number of rotatable bonds is 1. The Hall–Kier alpha value is -0.120. The average Bonchev–Trinajstić information content (AvgIpc) is 1.83. The second-order valence-electron chi connectivity index (χ2n) is 1.17. The van der Waals surface area contributed by atoms with E-state index < -0.39 is 0 Å². The van der Waals surface area contributed by atoms with Crippen LogP contribution in [0.15, 0.2) is 12.2 Å². The van der Waals surface area contributed by atoms with Crippen LogP contribution in [-0.4, -0.2) is 11.8 Å². The summed E-state index contributed by atoms with van der Waals surface area (Å²) in [5.74, 6) is 6.04. The third-order valence-corrected chi connectivity index (χ3v) is 0.950. The van der Waals surface area contributed by atoms with Crippen molar-refractivity contribution in [1.82, 2.24) is 0 Å². The molecule has 0 atom stereocenters. The molecule has 0 aromatic carbocycles. The van der Waals surface area contributed by atoms with Gasteiger partial charge in [-0.3, -0.25) is 0 Å². The van der Waals surface area contributed by atoms with E-state index in [4.69, 9.17) is 23.2 Å². The Kier molecular flexibility index (Phi) is 4.95. The molecule has 44 valence electrons. The molecule has 0 saturated heterocycles. The topological polar surface area (TPSA) is 0 Å². The quantitative estimate of drug-likeness (QED) is 0.395. The molecule has 0 unspecified atom stereocenters. The van der Waals surface area contributed by atoms with Crippen molar-refractivity contribution in [3.05, 3.63) is 12.2 Å². The predicted octanol–water partition coefficient (Wildman–Crippen LogP) is 2.02. The highest BCUT2D eigenvalue weighted by molar-refractivity contribution is 6.20. The van der Waals surface area contributed by atoms with Gasteiger partial charge in [0.2, 0.25) is 0 Å². The molecule has 0 bridgehead atoms. The van der Waals surface area contributed by atoms with Gasteiger partial charge in [-0.2, -0.15) is 0 Å². The molecule has 0 N–H and O–H groups in total. The minimum Gasteiger partial charge on any atom is -0.121 e. The van der Waals surface area contributed by atoms with Gasteiger partial charge in [0.15, 0.2) is 0 Å². The Balaban J connectivity index is 3.52. The first-order valence-electron chi connectivity index (χ1n) is 2.10. The van der Waals surface area contributed by atoms with E-state index >= 15 is 0 Å². The first-order valence-corrected chi connectivity index (χ1v) is 3.16. The van der Waals surface area contributed by atoms with Crippen molar-refractivity contribution in [2.24, 2.45) is 0 Å². The highest BCUT2D eigenvalue weighted by Crippen LogP contribution is 1.89. The molecule has 0 fully saturated rings. The smallest absolute Gasteiger partial charge is 0.0838 e. The van der Waals surface area contributed by atoms with E-state index in [1.165, 1.54) is 0 Å². The second kappa shape index (κ2) is 5.03. The maximum Gasteiger partial charge on any atom is 0.0838 e. The molecule has 0 aromatic rings. The van der Waals surface area contributed by atoms with Gasteiger partial charge in [0.1, 0.15) is 0 Å². The monoisotopic (exact) mass is 148 g/mol. The first-order chi connectivity index (χ1) is 3.81. The summed E-state index contributed by atoms with van der Waals surface area (Å²) in [6.45, 7) is 3.55. The van der Waals surface area contributed by atoms with Crippen molar-refractivity contribution in [1.29, 1.82) is 0 Å². The van der Waals surface area contributed by atoms with E-state index in [-0.39, 0.29) is 0 Å². The van der Waals surface area contributed by atoms with Crippen molar-refractivity contribution >= 4 is 23.2 Å². The molecule has 0 aliphatic heterocycles. The highest BCUT2D eigenvalue weighted by Gasteiger charge is 1.78. The lowest BCUT2D eigenvalue weighted by Gasteiger charge is -1.80. The molecule has 0 nitrogen and oxygen atoms in total. The van der Waals surface area contributed by atoms with E-state index in [9.17, 15) is 0 Å². The summed E-state index contributed by atoms with van der Waals surface area (Å²) in [4.78, 5) is 0. The Morgan fingerprint density at radius 3 is 2.50 bits per heavy atom. The van der Waals surface area contributed by atoms with Gasteiger partial charge in [0.05, 0.1) is 11.8 Å². The van der Waals surface area contributed by atoms with Crippen LogP contribution >= 0.6 is 23.2 Å². The molecule has 0 aliphatic rings. The predicted molar refractivity (Wildman–Crippen MR) is 38.4 cm³/mol. The van der Waals surface area contributed by atoms with E-state index in [1.54, 1.807) is 0 Å². The number of alkyl halides is 2. The number of hydrogen-bond donors (Lipinski definition) is 0. The zero-order valence-electron chi connectivity index (χ0n) is 4.38. The van der Waals surface area contributed by atoms with E-state index in [0.29, 0.717) is 17.3 Å². The third-order valence-electron chi connectivity index (χ3n) is 0.493. The van der Waals surface area contributed by atoms with E-state index in [2.05, 4.69) is 18.4 Å². The maximum absolute atomic E-state index is 5.34. The fraction of sp³-hybridized carbons (Fsp3) is 0.333. The normalized spacial score (nSPS) is 7.25. The summed E-state index contributed by atoms with van der Waals surface area (Å²) in [5, 5.41) is 0. The van der Waals surface area contributed by atoms with E-state index in [0.717, 1.165) is 0 Å². The molecule has 0 aliphatic carbocycles. The van der Waals surface area contributed by atoms with Crippen LogP contribution in [0, 0.1) is 11.8 Å². The van der Waals surface area contributed by atoms with Crippen molar-refractivity contribution in [2.45, 2.75) is 0 Å². The fourth-order valence-corrected chi connectivity index (χ4v) is 0.325. The SMILES string of the molecule is C=C(C#CCCl)CCl. The Morgan fingerprint density at radius 2 is 2.12 bits per heavy atom. The lowest BCUT2D eigenvalue weighted by molar-refractivity contribution is 1.62. The minimum absolute atomic E-state index is 0.343. The lowest BCUT2D eigenvalue weighted by Crippen LogP contribution is -1.74. The molecule has 0 amide bonds. The molecule has 2 heteroatoms. The van der Waals surface area contributed by atoms with Gasteiger partial charge >= 0.3 is 0 Å². The zero-order valence-corrected chi connectivity index (χ0v) is 5.89. The van der Waals surface area contributed by atoms with Crippen LogP contribution in [0.5, 0.6) is 0 Å². The Labute approximate surface area is 59.5 Å². The molecule has 0 spiro atoms. The molecule has 0 saturated carbocycles. The van der Waals surface area contributed by atoms with Crippen LogP contribution < -0.4 is 0 Å². The molecule has 0 heterocycles. The summed E-state index contributed by atoms with van der Waals surface area (Å²) in [6, 6.07) is 0. The minimum atomic E-state index is 0.343. The van der Waals surface area contributed by atoms with E-state index in [1.807, 2.05) is 0 Å². The molecule has 0 rings (SSSR count). The summed E-state index contributed by atoms with van der Waals surface area (Å²) in [7, 11) is 0. The number of hydrogen-bond acceptors (Lipinski definition) is 0. The van der Waals surface area contributed by atoms with Gasteiger partial charge in [-0.15, -0.1) is 23.2 Å². The van der Waals surface area contributed by atoms with Crippen LogP contribution in [0.4, 0.5) is 0 Å². The van der Waals surface area contributed by atoms with Crippen LogP contribution in [0.3, 0.4) is 0 Å². The standard InChI is InChI=1S/C6H6Cl2/c1-6(5-8)3-2-4-7/h1,4-5H2. The largest absolute Gasteiger partial charge is 0.121 e. The first kappa shape index (κ1) is 7.88.